The van der Waals surface area contributed by atoms with Crippen LogP contribution in [-0.4, -0.2) is 38.1 Å². The van der Waals surface area contributed by atoms with Gasteiger partial charge in [-0.3, -0.25) is 4.79 Å². The molecule has 0 saturated carbocycles. The average Bonchev–Trinajstić information content (AvgIpc) is 2.47. The van der Waals surface area contributed by atoms with Crippen molar-refractivity contribution in [3.05, 3.63) is 29.3 Å². The van der Waals surface area contributed by atoms with Crippen molar-refractivity contribution in [3.63, 3.8) is 0 Å². The number of nitriles is 1. The van der Waals surface area contributed by atoms with Gasteiger partial charge in [-0.1, -0.05) is 0 Å². The van der Waals surface area contributed by atoms with Gasteiger partial charge in [-0.25, -0.2) is 8.78 Å². The van der Waals surface area contributed by atoms with Crippen LogP contribution >= 0.6 is 0 Å². The smallest absolute Gasteiger partial charge is 0.244 e. The fraction of sp³-hybridized carbons (Fsp3) is 0.429. The summed E-state index contributed by atoms with van der Waals surface area (Å²) in [5, 5.41) is 14.4. The van der Waals surface area contributed by atoms with Crippen molar-refractivity contribution in [3.8, 4) is 6.07 Å². The molecule has 0 radical (unpaired) electrons. The number of amides is 1. The Hall–Kier alpha value is -2.20. The van der Waals surface area contributed by atoms with Crippen molar-refractivity contribution in [1.29, 1.82) is 5.26 Å². The number of carbonyl (C=O) groups excluding carboxylic acids is 1. The van der Waals surface area contributed by atoms with E-state index in [1.54, 1.807) is 13.0 Å². The lowest BCUT2D eigenvalue weighted by atomic mass is 10.1. The maximum atomic E-state index is 14.1. The molecule has 1 atom stereocenters. The number of halogens is 2. The van der Waals surface area contributed by atoms with E-state index in [9.17, 15) is 13.6 Å². The molecule has 2 N–H and O–H groups in total. The molecule has 21 heavy (non-hydrogen) atoms. The number of hydrogen-bond donors (Lipinski definition) is 2. The predicted octanol–water partition coefficient (Wildman–Crippen LogP) is 0.751. The molecule has 0 aromatic heterocycles. The summed E-state index contributed by atoms with van der Waals surface area (Å²) in [4.78, 5) is 13.4. The van der Waals surface area contributed by atoms with E-state index in [1.807, 2.05) is 0 Å². The minimum absolute atomic E-state index is 0.0848. The van der Waals surface area contributed by atoms with Crippen LogP contribution in [0.15, 0.2) is 12.1 Å². The first-order chi connectivity index (χ1) is 10.1. The molecular weight excluding hydrogens is 278 g/mol. The van der Waals surface area contributed by atoms with Gasteiger partial charge in [0, 0.05) is 26.2 Å². The summed E-state index contributed by atoms with van der Waals surface area (Å²) in [5.41, 5.74) is -0.342. The van der Waals surface area contributed by atoms with Gasteiger partial charge in [0.1, 0.15) is 11.7 Å². The topological polar surface area (TPSA) is 68.2 Å². The molecule has 0 aliphatic carbocycles. The van der Waals surface area contributed by atoms with Gasteiger partial charge in [0.2, 0.25) is 5.91 Å². The molecule has 5 nitrogen and oxygen atoms in total. The second-order valence-electron chi connectivity index (χ2n) is 4.71. The number of anilines is 1. The average molecular weight is 294 g/mol. The van der Waals surface area contributed by atoms with E-state index in [1.165, 1.54) is 4.90 Å². The van der Waals surface area contributed by atoms with Crippen LogP contribution in [0, 0.1) is 23.0 Å². The lowest BCUT2D eigenvalue weighted by Gasteiger charge is -2.37. The number of likely N-dealkylation sites (N-methyl/N-ethyl adjacent to an activating group) is 1. The Morgan fingerprint density at radius 2 is 2.19 bits per heavy atom. The van der Waals surface area contributed by atoms with Crippen molar-refractivity contribution >= 4 is 11.6 Å². The molecule has 1 saturated heterocycles. The number of carbonyl (C=O) groups is 1. The van der Waals surface area contributed by atoms with Gasteiger partial charge in [0.15, 0.2) is 11.6 Å². The Morgan fingerprint density at radius 3 is 2.76 bits per heavy atom. The second-order valence-corrected chi connectivity index (χ2v) is 4.71. The highest BCUT2D eigenvalue weighted by atomic mass is 19.1. The summed E-state index contributed by atoms with van der Waals surface area (Å²) in [7, 11) is 0. The predicted molar refractivity (Wildman–Crippen MR) is 73.8 cm³/mol. The number of nitrogens with zero attached hydrogens (tertiary/aromatic N) is 2. The molecule has 1 aliphatic heterocycles. The molecular formula is C14H16F2N4O. The van der Waals surface area contributed by atoms with Gasteiger partial charge >= 0.3 is 0 Å². The zero-order valence-corrected chi connectivity index (χ0v) is 11.6. The molecule has 1 amide bonds. The third-order valence-corrected chi connectivity index (χ3v) is 3.33. The number of hydrogen-bond acceptors (Lipinski definition) is 4. The van der Waals surface area contributed by atoms with Gasteiger partial charge in [-0.05, 0) is 19.1 Å². The maximum absolute atomic E-state index is 14.1. The highest BCUT2D eigenvalue weighted by Crippen LogP contribution is 2.27. The third-order valence-electron chi connectivity index (χ3n) is 3.33. The highest BCUT2D eigenvalue weighted by molar-refractivity contribution is 5.86. The van der Waals surface area contributed by atoms with E-state index < -0.39 is 17.7 Å². The first-order valence-corrected chi connectivity index (χ1v) is 6.72. The Balaban J connectivity index is 2.38. The Labute approximate surface area is 121 Å². The van der Waals surface area contributed by atoms with Gasteiger partial charge in [0.05, 0.1) is 11.6 Å². The Bertz CT molecular complexity index is 562. The van der Waals surface area contributed by atoms with Crippen molar-refractivity contribution in [2.45, 2.75) is 13.0 Å². The Morgan fingerprint density at radius 1 is 1.52 bits per heavy atom. The van der Waals surface area contributed by atoms with Crippen molar-refractivity contribution in [1.82, 2.24) is 10.6 Å². The van der Waals surface area contributed by atoms with E-state index in [0.717, 1.165) is 12.1 Å². The third kappa shape index (κ3) is 3.11. The fourth-order valence-electron chi connectivity index (χ4n) is 2.40. The van der Waals surface area contributed by atoms with Crippen LogP contribution < -0.4 is 15.5 Å². The molecule has 1 aromatic carbocycles. The van der Waals surface area contributed by atoms with Crippen LogP contribution in [0.25, 0.3) is 0 Å². The van der Waals surface area contributed by atoms with E-state index in [-0.39, 0.29) is 17.2 Å². The van der Waals surface area contributed by atoms with E-state index in [4.69, 9.17) is 5.26 Å². The van der Waals surface area contributed by atoms with Crippen LogP contribution in [0.4, 0.5) is 14.5 Å². The molecule has 1 heterocycles. The number of nitrogens with one attached hydrogen (secondary N) is 2. The molecule has 1 fully saturated rings. The van der Waals surface area contributed by atoms with Gasteiger partial charge in [-0.15, -0.1) is 0 Å². The molecule has 7 heteroatoms. The molecule has 0 spiro atoms. The first-order valence-electron chi connectivity index (χ1n) is 6.72. The minimum Gasteiger partial charge on any atom is -0.355 e. The number of piperazine rings is 1. The highest BCUT2D eigenvalue weighted by Gasteiger charge is 2.32. The van der Waals surface area contributed by atoms with E-state index in [0.29, 0.717) is 26.2 Å². The lowest BCUT2D eigenvalue weighted by molar-refractivity contribution is -0.122. The lowest BCUT2D eigenvalue weighted by Crippen LogP contribution is -2.58. The monoisotopic (exact) mass is 294 g/mol. The summed E-state index contributed by atoms with van der Waals surface area (Å²) < 4.78 is 28.2. The van der Waals surface area contributed by atoms with Gasteiger partial charge in [0.25, 0.3) is 0 Å². The summed E-state index contributed by atoms with van der Waals surface area (Å²) in [5.74, 6) is -1.95. The summed E-state index contributed by atoms with van der Waals surface area (Å²) in [6.45, 7) is 3.37. The van der Waals surface area contributed by atoms with Crippen LogP contribution in [0.3, 0.4) is 0 Å². The molecule has 2 rings (SSSR count). The SMILES string of the molecule is CCNC(=O)C1CNCCN1c1c(F)cc(C#N)cc1F. The van der Waals surface area contributed by atoms with Gasteiger partial charge < -0.3 is 15.5 Å². The normalized spacial score (nSPS) is 18.2. The van der Waals surface area contributed by atoms with Crippen molar-refractivity contribution < 1.29 is 13.6 Å². The summed E-state index contributed by atoms with van der Waals surface area (Å²) >= 11 is 0. The quantitative estimate of drug-likeness (QED) is 0.863. The zero-order valence-electron chi connectivity index (χ0n) is 11.6. The fourth-order valence-corrected chi connectivity index (χ4v) is 2.40. The standard InChI is InChI=1S/C14H16F2N4O/c1-2-19-14(21)12-8-18-3-4-20(12)13-10(15)5-9(7-17)6-11(13)16/h5-6,12,18H,2-4,8H2,1H3,(H,19,21). The molecule has 1 aromatic rings. The minimum atomic E-state index is -0.831. The van der Waals surface area contributed by atoms with Crippen molar-refractivity contribution in [2.24, 2.45) is 0 Å². The van der Waals surface area contributed by atoms with Gasteiger partial charge in [-0.2, -0.15) is 5.26 Å². The summed E-state index contributed by atoms with van der Waals surface area (Å²) in [6, 6.07) is 2.98. The first kappa shape index (κ1) is 15.2. The zero-order chi connectivity index (χ0) is 15.4. The Kier molecular flexibility index (Phi) is 4.70. The molecule has 1 aliphatic rings. The molecule has 0 bridgehead atoms. The van der Waals surface area contributed by atoms with Crippen LogP contribution in [0.1, 0.15) is 12.5 Å². The molecule has 112 valence electrons. The van der Waals surface area contributed by atoms with E-state index in [2.05, 4.69) is 10.6 Å². The van der Waals surface area contributed by atoms with Crippen LogP contribution in [0.2, 0.25) is 0 Å². The number of benzene rings is 1. The molecule has 1 unspecified atom stereocenters. The van der Waals surface area contributed by atoms with E-state index >= 15 is 0 Å². The van der Waals surface area contributed by atoms with Crippen LogP contribution in [-0.2, 0) is 4.79 Å². The maximum Gasteiger partial charge on any atom is 0.244 e. The largest absolute Gasteiger partial charge is 0.355 e. The van der Waals surface area contributed by atoms with Crippen LogP contribution in [0.5, 0.6) is 0 Å². The summed E-state index contributed by atoms with van der Waals surface area (Å²) in [6.07, 6.45) is 0. The van der Waals surface area contributed by atoms with Crippen molar-refractivity contribution in [2.75, 3.05) is 31.1 Å². The second kappa shape index (κ2) is 6.50. The number of rotatable bonds is 3.